The van der Waals surface area contributed by atoms with E-state index in [2.05, 4.69) is 38.7 Å². The summed E-state index contributed by atoms with van der Waals surface area (Å²) < 4.78 is 0. The van der Waals surface area contributed by atoms with E-state index in [1.165, 1.54) is 4.88 Å². The monoisotopic (exact) mass is 332 g/mol. The summed E-state index contributed by atoms with van der Waals surface area (Å²) in [5, 5.41) is 14.4. The minimum atomic E-state index is -0.682. The summed E-state index contributed by atoms with van der Waals surface area (Å²) in [5.74, 6) is 0.312. The lowest BCUT2D eigenvalue weighted by molar-refractivity contribution is -0.124. The molecule has 1 saturated carbocycles. The molecular weight excluding hydrogens is 308 g/mol. The molecule has 1 unspecified atom stereocenters. The molecule has 1 amide bonds. The number of thiophene rings is 1. The third-order valence-corrected chi connectivity index (χ3v) is 5.68. The van der Waals surface area contributed by atoms with Gasteiger partial charge in [0, 0.05) is 37.6 Å². The van der Waals surface area contributed by atoms with Gasteiger partial charge in [-0.1, -0.05) is 6.07 Å². The molecule has 0 aromatic carbocycles. The number of hydrogen-bond acceptors (Lipinski definition) is 5. The van der Waals surface area contributed by atoms with Crippen LogP contribution in [0.25, 0.3) is 0 Å². The van der Waals surface area contributed by atoms with Gasteiger partial charge in [0.15, 0.2) is 0 Å². The molecule has 6 heteroatoms. The Bertz CT molecular complexity index is 570. The zero-order valence-electron chi connectivity index (χ0n) is 13.6. The number of carbonyl (C=O) groups is 1. The van der Waals surface area contributed by atoms with Gasteiger partial charge in [0.25, 0.3) is 0 Å². The number of nitrogens with one attached hydrogen (secondary N) is 1. The minimum Gasteiger partial charge on any atom is -0.337 e. The summed E-state index contributed by atoms with van der Waals surface area (Å²) in [6, 6.07) is 6.54. The van der Waals surface area contributed by atoms with Gasteiger partial charge in [-0.25, -0.2) is 0 Å². The molecule has 1 N–H and O–H groups in total. The van der Waals surface area contributed by atoms with E-state index in [1.807, 2.05) is 6.92 Å². The van der Waals surface area contributed by atoms with Crippen molar-refractivity contribution < 1.29 is 4.79 Å². The van der Waals surface area contributed by atoms with Gasteiger partial charge in [-0.2, -0.15) is 5.26 Å². The molecule has 23 heavy (non-hydrogen) atoms. The second-order valence-electron chi connectivity index (χ2n) is 6.77. The highest BCUT2D eigenvalue weighted by molar-refractivity contribution is 7.09. The molecule has 2 fully saturated rings. The predicted molar refractivity (Wildman–Crippen MR) is 90.9 cm³/mol. The van der Waals surface area contributed by atoms with Gasteiger partial charge < -0.3 is 5.32 Å². The molecule has 1 aromatic heterocycles. The molecule has 1 aliphatic carbocycles. The summed E-state index contributed by atoms with van der Waals surface area (Å²) in [6.07, 6.45) is 2.09. The van der Waals surface area contributed by atoms with E-state index in [0.29, 0.717) is 12.5 Å². The van der Waals surface area contributed by atoms with Crippen molar-refractivity contribution >= 4 is 17.2 Å². The average molecular weight is 332 g/mol. The highest BCUT2D eigenvalue weighted by atomic mass is 32.1. The van der Waals surface area contributed by atoms with Gasteiger partial charge in [0.05, 0.1) is 12.6 Å². The third-order valence-electron chi connectivity index (χ3n) is 4.82. The molecule has 0 spiro atoms. The average Bonchev–Trinajstić information content (AvgIpc) is 3.28. The molecule has 1 saturated heterocycles. The van der Waals surface area contributed by atoms with Crippen LogP contribution in [0.4, 0.5) is 0 Å². The smallest absolute Gasteiger partial charge is 0.235 e. The molecule has 1 aliphatic heterocycles. The first-order valence-electron chi connectivity index (χ1n) is 8.28. The van der Waals surface area contributed by atoms with Gasteiger partial charge in [0.1, 0.15) is 5.54 Å². The Morgan fingerprint density at radius 3 is 2.65 bits per heavy atom. The van der Waals surface area contributed by atoms with Crippen LogP contribution in [-0.2, 0) is 11.3 Å². The summed E-state index contributed by atoms with van der Waals surface area (Å²) in [5.41, 5.74) is -0.682. The number of amides is 1. The van der Waals surface area contributed by atoms with Gasteiger partial charge >= 0.3 is 0 Å². The van der Waals surface area contributed by atoms with Crippen LogP contribution in [0.3, 0.4) is 0 Å². The van der Waals surface area contributed by atoms with Gasteiger partial charge in [-0.3, -0.25) is 14.6 Å². The lowest BCUT2D eigenvalue weighted by Crippen LogP contribution is -2.53. The molecule has 5 nitrogen and oxygen atoms in total. The zero-order chi connectivity index (χ0) is 16.3. The van der Waals surface area contributed by atoms with E-state index >= 15 is 0 Å². The molecule has 3 rings (SSSR count). The number of rotatable bonds is 6. The van der Waals surface area contributed by atoms with Crippen molar-refractivity contribution in [2.24, 2.45) is 5.92 Å². The van der Waals surface area contributed by atoms with Gasteiger partial charge in [0.2, 0.25) is 5.91 Å². The van der Waals surface area contributed by atoms with Crippen LogP contribution < -0.4 is 5.32 Å². The summed E-state index contributed by atoms with van der Waals surface area (Å²) >= 11 is 1.80. The van der Waals surface area contributed by atoms with Crippen molar-refractivity contribution in [3.63, 3.8) is 0 Å². The van der Waals surface area contributed by atoms with Crippen molar-refractivity contribution in [2.45, 2.75) is 31.8 Å². The molecule has 0 radical (unpaired) electrons. The van der Waals surface area contributed by atoms with E-state index < -0.39 is 5.54 Å². The third kappa shape index (κ3) is 4.31. The second-order valence-corrected chi connectivity index (χ2v) is 7.80. The number of nitriles is 1. The fourth-order valence-electron chi connectivity index (χ4n) is 3.14. The van der Waals surface area contributed by atoms with Gasteiger partial charge in [-0.05, 0) is 37.1 Å². The van der Waals surface area contributed by atoms with E-state index in [0.717, 1.165) is 45.6 Å². The maximum Gasteiger partial charge on any atom is 0.235 e. The van der Waals surface area contributed by atoms with E-state index in [9.17, 15) is 10.1 Å². The number of piperazine rings is 1. The van der Waals surface area contributed by atoms with Crippen molar-refractivity contribution in [1.82, 2.24) is 15.1 Å². The fourth-order valence-corrected chi connectivity index (χ4v) is 3.89. The first-order chi connectivity index (χ1) is 11.1. The van der Waals surface area contributed by atoms with E-state index in [1.54, 1.807) is 11.3 Å². The van der Waals surface area contributed by atoms with Crippen molar-refractivity contribution in [3.05, 3.63) is 22.4 Å². The van der Waals surface area contributed by atoms with Crippen LogP contribution in [-0.4, -0.2) is 54.0 Å². The molecule has 1 atom stereocenters. The standard InChI is InChI=1S/C17H24N4OS/c1-17(13-18,14-4-5-14)19-16(22)12-21-8-6-20(7-9-21)11-15-3-2-10-23-15/h2-3,10,14H,4-9,11-12H2,1H3,(H,19,22). The quantitative estimate of drug-likeness (QED) is 0.861. The topological polar surface area (TPSA) is 59.4 Å². The van der Waals surface area contributed by atoms with Crippen LogP contribution in [0.2, 0.25) is 0 Å². The molecule has 1 aromatic rings. The molecular formula is C17H24N4OS. The van der Waals surface area contributed by atoms with Crippen molar-refractivity contribution in [2.75, 3.05) is 32.7 Å². The van der Waals surface area contributed by atoms with Crippen LogP contribution >= 0.6 is 11.3 Å². The number of nitrogens with zero attached hydrogens (tertiary/aromatic N) is 3. The summed E-state index contributed by atoms with van der Waals surface area (Å²) in [6.45, 7) is 7.05. The van der Waals surface area contributed by atoms with Crippen LogP contribution in [0.15, 0.2) is 17.5 Å². The van der Waals surface area contributed by atoms with Crippen LogP contribution in [0, 0.1) is 17.2 Å². The minimum absolute atomic E-state index is 0.0207. The fraction of sp³-hybridized carbons (Fsp3) is 0.647. The normalized spacial score (nSPS) is 22.3. The number of hydrogen-bond donors (Lipinski definition) is 1. The summed E-state index contributed by atoms with van der Waals surface area (Å²) in [7, 11) is 0. The molecule has 2 heterocycles. The highest BCUT2D eigenvalue weighted by Crippen LogP contribution is 2.39. The lowest BCUT2D eigenvalue weighted by atomic mass is 9.98. The van der Waals surface area contributed by atoms with Crippen LogP contribution in [0.1, 0.15) is 24.6 Å². The van der Waals surface area contributed by atoms with Crippen LogP contribution in [0.5, 0.6) is 0 Å². The predicted octanol–water partition coefficient (Wildman–Crippen LogP) is 1.67. The highest BCUT2D eigenvalue weighted by Gasteiger charge is 2.43. The largest absolute Gasteiger partial charge is 0.337 e. The van der Waals surface area contributed by atoms with Crippen molar-refractivity contribution in [3.8, 4) is 6.07 Å². The molecule has 0 bridgehead atoms. The maximum absolute atomic E-state index is 12.2. The Hall–Kier alpha value is -1.42. The first kappa shape index (κ1) is 16.4. The Kier molecular flexibility index (Phi) is 5.00. The second kappa shape index (κ2) is 7.00. The molecule has 124 valence electrons. The Morgan fingerprint density at radius 1 is 1.39 bits per heavy atom. The Balaban J connectivity index is 1.41. The number of carbonyl (C=O) groups excluding carboxylic acids is 1. The molecule has 2 aliphatic rings. The summed E-state index contributed by atoms with van der Waals surface area (Å²) in [4.78, 5) is 18.3. The van der Waals surface area contributed by atoms with Crippen molar-refractivity contribution in [1.29, 1.82) is 5.26 Å². The SMILES string of the molecule is CC(C#N)(NC(=O)CN1CCN(Cc2cccs2)CC1)C1CC1. The van der Waals surface area contributed by atoms with E-state index in [4.69, 9.17) is 0 Å². The van der Waals surface area contributed by atoms with Gasteiger partial charge in [-0.15, -0.1) is 11.3 Å². The Labute approximate surface area is 141 Å². The van der Waals surface area contributed by atoms with E-state index in [-0.39, 0.29) is 5.91 Å². The maximum atomic E-state index is 12.2. The first-order valence-corrected chi connectivity index (χ1v) is 9.16. The lowest BCUT2D eigenvalue weighted by Gasteiger charge is -2.34. The Morgan fingerprint density at radius 2 is 2.09 bits per heavy atom. The zero-order valence-corrected chi connectivity index (χ0v) is 14.4.